The Morgan fingerprint density at radius 3 is 2.53 bits per heavy atom. The molecule has 4 aromatic rings. The van der Waals surface area contributed by atoms with Gasteiger partial charge in [-0.1, -0.05) is 6.92 Å². The van der Waals surface area contributed by atoms with E-state index in [2.05, 4.69) is 31.0 Å². The van der Waals surface area contributed by atoms with Crippen LogP contribution in [0, 0.1) is 19.7 Å². The van der Waals surface area contributed by atoms with Crippen LogP contribution < -0.4 is 16.6 Å². The normalized spacial score (nSPS) is 10.8. The van der Waals surface area contributed by atoms with E-state index in [4.69, 9.17) is 5.73 Å². The van der Waals surface area contributed by atoms with Crippen LogP contribution in [0.1, 0.15) is 41.2 Å². The molecule has 11 nitrogen and oxygen atoms in total. The monoisotopic (exact) mass is 491 g/mol. The number of nitrogens with one attached hydrogen (secondary N) is 3. The molecule has 186 valence electrons. The van der Waals surface area contributed by atoms with Gasteiger partial charge < -0.3 is 10.7 Å². The van der Waals surface area contributed by atoms with E-state index in [0.29, 0.717) is 40.5 Å². The van der Waals surface area contributed by atoms with Gasteiger partial charge >= 0.3 is 0 Å². The van der Waals surface area contributed by atoms with E-state index in [1.807, 2.05) is 6.92 Å². The molecule has 0 radical (unpaired) electrons. The van der Waals surface area contributed by atoms with Crippen LogP contribution in [0.15, 0.2) is 42.7 Å². The third-order valence-electron chi connectivity index (χ3n) is 5.53. The summed E-state index contributed by atoms with van der Waals surface area (Å²) in [5, 5.41) is 9.12. The highest BCUT2D eigenvalue weighted by molar-refractivity contribution is 5.97. The number of hydrogen-bond donors (Lipinski definition) is 4. The summed E-state index contributed by atoms with van der Waals surface area (Å²) in [5.41, 5.74) is 15.2. The van der Waals surface area contributed by atoms with Crippen LogP contribution in [0.25, 0.3) is 22.7 Å². The maximum Gasteiger partial charge on any atom is 0.273 e. The summed E-state index contributed by atoms with van der Waals surface area (Å²) in [6, 6.07) is 7.74. The minimum Gasteiger partial charge on any atom is -0.385 e. The first-order chi connectivity index (χ1) is 17.2. The molecule has 0 spiro atoms. The fraction of sp³-hybridized carbons (Fsp3) is 0.208. The number of aromatic amines is 1. The lowest BCUT2D eigenvalue weighted by Crippen LogP contribution is -2.40. The smallest absolute Gasteiger partial charge is 0.273 e. The Kier molecular flexibility index (Phi) is 6.68. The molecule has 0 aliphatic rings. The number of nitrogens with two attached hydrogens (primary N) is 1. The van der Waals surface area contributed by atoms with Crippen molar-refractivity contribution in [3.05, 3.63) is 71.1 Å². The molecule has 0 aliphatic heterocycles. The van der Waals surface area contributed by atoms with Crippen molar-refractivity contribution < 1.29 is 14.0 Å². The number of anilines is 1. The molecule has 5 N–H and O–H groups in total. The summed E-state index contributed by atoms with van der Waals surface area (Å²) in [6.45, 7) is 6.69. The topological polar surface area (TPSA) is 148 Å². The summed E-state index contributed by atoms with van der Waals surface area (Å²) >= 11 is 0. The van der Waals surface area contributed by atoms with Gasteiger partial charge in [0.1, 0.15) is 17.3 Å². The fourth-order valence-electron chi connectivity index (χ4n) is 3.92. The molecule has 0 bridgehead atoms. The van der Waals surface area contributed by atoms with Crippen LogP contribution in [-0.2, 0) is 11.2 Å². The first-order valence-electron chi connectivity index (χ1n) is 11.2. The highest BCUT2D eigenvalue weighted by atomic mass is 19.1. The number of benzene rings is 1. The van der Waals surface area contributed by atoms with Crippen molar-refractivity contribution in [1.29, 1.82) is 0 Å². The molecular formula is C24H26FN9O2. The van der Waals surface area contributed by atoms with Gasteiger partial charge in [0.15, 0.2) is 5.82 Å². The van der Waals surface area contributed by atoms with Crippen LogP contribution in [-0.4, -0.2) is 41.2 Å². The van der Waals surface area contributed by atoms with Gasteiger partial charge in [0, 0.05) is 36.5 Å². The Morgan fingerprint density at radius 1 is 1.14 bits per heavy atom. The Bertz CT molecular complexity index is 1510. The van der Waals surface area contributed by atoms with Gasteiger partial charge in [0.25, 0.3) is 5.91 Å². The number of aromatic nitrogens is 6. The molecule has 0 unspecified atom stereocenters. The third kappa shape index (κ3) is 4.73. The van der Waals surface area contributed by atoms with Crippen LogP contribution in [0.2, 0.25) is 0 Å². The lowest BCUT2D eigenvalue weighted by atomic mass is 10.1. The molecule has 0 saturated heterocycles. The van der Waals surface area contributed by atoms with Crippen molar-refractivity contribution in [2.75, 3.05) is 5.73 Å². The average molecular weight is 492 g/mol. The van der Waals surface area contributed by atoms with E-state index in [9.17, 15) is 14.0 Å². The number of fused-ring (bicyclic) bond motifs is 1. The maximum atomic E-state index is 13.4. The Hall–Kier alpha value is -4.74. The lowest BCUT2D eigenvalue weighted by Gasteiger charge is -2.06. The number of aryl methyl sites for hydroxylation is 2. The fourth-order valence-corrected chi connectivity index (χ4v) is 3.92. The molecule has 0 saturated carbocycles. The van der Waals surface area contributed by atoms with Gasteiger partial charge in [0.2, 0.25) is 5.91 Å². The third-order valence-corrected chi connectivity index (χ3v) is 5.53. The predicted molar refractivity (Wildman–Crippen MR) is 132 cm³/mol. The molecule has 0 fully saturated rings. The van der Waals surface area contributed by atoms with E-state index < -0.39 is 11.8 Å². The molecule has 1 aromatic carbocycles. The van der Waals surface area contributed by atoms with E-state index in [1.54, 1.807) is 49.0 Å². The van der Waals surface area contributed by atoms with Gasteiger partial charge in [-0.05, 0) is 44.5 Å². The Labute approximate surface area is 205 Å². The van der Waals surface area contributed by atoms with E-state index in [-0.39, 0.29) is 11.6 Å². The number of hydrazine groups is 1. The summed E-state index contributed by atoms with van der Waals surface area (Å²) < 4.78 is 16.5. The van der Waals surface area contributed by atoms with E-state index >= 15 is 0 Å². The highest BCUT2D eigenvalue weighted by Crippen LogP contribution is 2.26. The molecule has 4 rings (SSSR count). The van der Waals surface area contributed by atoms with Gasteiger partial charge in [-0.15, -0.1) is 0 Å². The summed E-state index contributed by atoms with van der Waals surface area (Å²) in [6.07, 6.45) is 3.86. The van der Waals surface area contributed by atoms with Gasteiger partial charge in [-0.25, -0.2) is 18.6 Å². The van der Waals surface area contributed by atoms with Gasteiger partial charge in [0.05, 0.1) is 22.6 Å². The molecule has 0 atom stereocenters. The van der Waals surface area contributed by atoms with Crippen molar-refractivity contribution in [3.8, 4) is 17.1 Å². The molecule has 36 heavy (non-hydrogen) atoms. The zero-order chi connectivity index (χ0) is 26.0. The van der Waals surface area contributed by atoms with Crippen LogP contribution >= 0.6 is 0 Å². The predicted octanol–water partition coefficient (Wildman–Crippen LogP) is 2.72. The van der Waals surface area contributed by atoms with Crippen molar-refractivity contribution in [1.82, 2.24) is 40.2 Å². The minimum absolute atomic E-state index is 0.274. The number of carbonyl (C=O) groups excluding carboxylic acids is 2. The molecule has 2 amide bonds. The number of amides is 2. The minimum atomic E-state index is -0.498. The van der Waals surface area contributed by atoms with Gasteiger partial charge in [-0.3, -0.25) is 20.4 Å². The van der Waals surface area contributed by atoms with E-state index in [0.717, 1.165) is 11.1 Å². The first kappa shape index (κ1) is 24.4. The number of H-pyrrole nitrogens is 1. The highest BCUT2D eigenvalue weighted by Gasteiger charge is 2.20. The van der Waals surface area contributed by atoms with Crippen molar-refractivity contribution >= 4 is 23.3 Å². The second-order valence-corrected chi connectivity index (χ2v) is 8.08. The molecule has 0 aliphatic carbocycles. The Balaban J connectivity index is 1.82. The number of hydrogen-bond acceptors (Lipinski definition) is 6. The number of nitrogens with zero attached hydrogens (tertiary/aromatic N) is 5. The Morgan fingerprint density at radius 2 is 1.86 bits per heavy atom. The maximum absolute atomic E-state index is 13.4. The summed E-state index contributed by atoms with van der Waals surface area (Å²) in [4.78, 5) is 31.4. The quantitative estimate of drug-likeness (QED) is 0.323. The van der Waals surface area contributed by atoms with Crippen LogP contribution in [0.4, 0.5) is 10.2 Å². The standard InChI is InChI=1S/C24H26FN9O2/c1-5-18-22(16-6-8-17(25)9-7-16)32-33-11-10-27-20(12-19(26)28-23(18)33)34-14(3)21(13(2)31-34)24(36)30-29-15(4)35/h6-12,28H,5,26H2,1-4H3,(H,29,35)(H,30,36). The number of carbonyl (C=O) groups is 2. The first-order valence-corrected chi connectivity index (χ1v) is 11.2. The lowest BCUT2D eigenvalue weighted by molar-refractivity contribution is -0.119. The van der Waals surface area contributed by atoms with Gasteiger partial charge in [-0.2, -0.15) is 10.2 Å². The summed E-state index contributed by atoms with van der Waals surface area (Å²) in [5.74, 6) is -0.585. The second kappa shape index (κ2) is 9.86. The van der Waals surface area contributed by atoms with Crippen molar-refractivity contribution in [2.45, 2.75) is 34.1 Å². The molecule has 3 aromatic heterocycles. The molecular weight excluding hydrogens is 465 g/mol. The van der Waals surface area contributed by atoms with Crippen LogP contribution in [0.3, 0.4) is 0 Å². The number of rotatable bonds is 4. The SMILES string of the molecule is CCc1c(-c2ccc(F)cc2)nn2ccnc(-n3nc(C)c(C(=O)NNC(C)=O)c3C)cc(N)[nH]c12. The zero-order valence-corrected chi connectivity index (χ0v) is 20.3. The molecule has 3 heterocycles. The van der Waals surface area contributed by atoms with Crippen LogP contribution in [0.5, 0.6) is 0 Å². The second-order valence-electron chi connectivity index (χ2n) is 8.08. The number of nitrogen functional groups attached to an aromatic ring is 1. The average Bonchev–Trinajstić information content (AvgIpc) is 3.34. The van der Waals surface area contributed by atoms with E-state index in [1.165, 1.54) is 23.7 Å². The number of halogens is 1. The van der Waals surface area contributed by atoms with Crippen molar-refractivity contribution in [3.63, 3.8) is 0 Å². The zero-order valence-electron chi connectivity index (χ0n) is 20.3. The largest absolute Gasteiger partial charge is 0.385 e. The molecule has 12 heteroatoms. The van der Waals surface area contributed by atoms with Crippen molar-refractivity contribution in [2.24, 2.45) is 0 Å². The summed E-state index contributed by atoms with van der Waals surface area (Å²) in [7, 11) is 0.